The normalized spacial score (nSPS) is 16.2. The van der Waals surface area contributed by atoms with E-state index in [9.17, 15) is 13.2 Å². The molecule has 170 valence electrons. The average Bonchev–Trinajstić information content (AvgIpc) is 3.26. The molecule has 1 amide bonds. The van der Waals surface area contributed by atoms with E-state index in [2.05, 4.69) is 15.5 Å². The highest BCUT2D eigenvalue weighted by Crippen LogP contribution is 2.22. The molecule has 3 aromatic rings. The van der Waals surface area contributed by atoms with E-state index in [1.165, 1.54) is 16.4 Å². The van der Waals surface area contributed by atoms with E-state index < -0.39 is 10.0 Å². The third-order valence-corrected chi connectivity index (χ3v) is 8.19. The SMILES string of the molecule is CSCCC(NC(=O)c1ccc(S(=O)(=O)N2CCCCC2)cc1)c1nnc2ccccn12. The fourth-order valence-electron chi connectivity index (χ4n) is 3.87. The van der Waals surface area contributed by atoms with Crippen LogP contribution in [-0.2, 0) is 10.0 Å². The lowest BCUT2D eigenvalue weighted by Crippen LogP contribution is -2.35. The Morgan fingerprint density at radius 3 is 2.56 bits per heavy atom. The molecule has 1 saturated heterocycles. The predicted octanol–water partition coefficient (Wildman–Crippen LogP) is 3.13. The van der Waals surface area contributed by atoms with Crippen LogP contribution >= 0.6 is 11.8 Å². The number of hydrogen-bond donors (Lipinski definition) is 1. The van der Waals surface area contributed by atoms with Crippen LogP contribution in [0.1, 0.15) is 47.9 Å². The second-order valence-corrected chi connectivity index (χ2v) is 10.7. The highest BCUT2D eigenvalue weighted by atomic mass is 32.2. The molecule has 4 rings (SSSR count). The molecule has 10 heteroatoms. The topological polar surface area (TPSA) is 96.7 Å². The van der Waals surface area contributed by atoms with Crippen LogP contribution in [0.15, 0.2) is 53.6 Å². The van der Waals surface area contributed by atoms with Gasteiger partial charge in [-0.25, -0.2) is 8.42 Å². The number of sulfonamides is 1. The lowest BCUT2D eigenvalue weighted by atomic mass is 10.1. The van der Waals surface area contributed by atoms with E-state index in [4.69, 9.17) is 0 Å². The number of fused-ring (bicyclic) bond motifs is 1. The quantitative estimate of drug-likeness (QED) is 0.540. The van der Waals surface area contributed by atoms with Crippen LogP contribution in [0.2, 0.25) is 0 Å². The highest BCUT2D eigenvalue weighted by molar-refractivity contribution is 7.98. The Morgan fingerprint density at radius 2 is 1.84 bits per heavy atom. The molecule has 1 aliphatic heterocycles. The number of hydrogen-bond acceptors (Lipinski definition) is 6. The standard InChI is InChI=1S/C22H27N5O3S2/c1-31-16-12-19(21-25-24-20-7-3-6-15-27(20)21)23-22(28)17-8-10-18(11-9-17)32(29,30)26-13-4-2-5-14-26/h3,6-11,15,19H,2,4-5,12-14,16H2,1H3,(H,23,28). The molecule has 0 radical (unpaired) electrons. The second kappa shape index (κ2) is 10.0. The van der Waals surface area contributed by atoms with Crippen molar-refractivity contribution in [2.75, 3.05) is 25.1 Å². The van der Waals surface area contributed by atoms with E-state index in [1.807, 2.05) is 35.1 Å². The van der Waals surface area contributed by atoms with Gasteiger partial charge in [-0.1, -0.05) is 12.5 Å². The van der Waals surface area contributed by atoms with Crippen LogP contribution < -0.4 is 5.32 Å². The van der Waals surface area contributed by atoms with Crippen LogP contribution in [0.4, 0.5) is 0 Å². The van der Waals surface area contributed by atoms with E-state index in [0.29, 0.717) is 30.9 Å². The molecule has 0 saturated carbocycles. The Morgan fingerprint density at radius 1 is 1.09 bits per heavy atom. The molecule has 0 spiro atoms. The number of rotatable bonds is 8. The third kappa shape index (κ3) is 4.82. The zero-order chi connectivity index (χ0) is 22.6. The molecule has 0 bridgehead atoms. The molecule has 32 heavy (non-hydrogen) atoms. The van der Waals surface area contributed by atoms with Gasteiger partial charge in [0.2, 0.25) is 10.0 Å². The summed E-state index contributed by atoms with van der Waals surface area (Å²) in [6.07, 6.45) is 7.42. The number of carbonyl (C=O) groups excluding carboxylic acids is 1. The first-order valence-corrected chi connectivity index (χ1v) is 13.5. The van der Waals surface area contributed by atoms with Crippen molar-refractivity contribution < 1.29 is 13.2 Å². The Balaban J connectivity index is 1.52. The summed E-state index contributed by atoms with van der Waals surface area (Å²) in [6.45, 7) is 1.10. The van der Waals surface area contributed by atoms with Gasteiger partial charge in [0.25, 0.3) is 5.91 Å². The fraction of sp³-hybridized carbons (Fsp3) is 0.409. The molecule has 0 aliphatic carbocycles. The van der Waals surface area contributed by atoms with Crippen LogP contribution in [0, 0.1) is 0 Å². The van der Waals surface area contributed by atoms with Gasteiger partial charge in [0, 0.05) is 24.8 Å². The summed E-state index contributed by atoms with van der Waals surface area (Å²) < 4.78 is 29.1. The number of nitrogens with one attached hydrogen (secondary N) is 1. The number of nitrogens with zero attached hydrogens (tertiary/aromatic N) is 4. The zero-order valence-electron chi connectivity index (χ0n) is 18.0. The molecule has 1 unspecified atom stereocenters. The van der Waals surface area contributed by atoms with Gasteiger partial charge in [-0.15, -0.1) is 10.2 Å². The maximum absolute atomic E-state index is 13.0. The number of carbonyl (C=O) groups is 1. The lowest BCUT2D eigenvalue weighted by molar-refractivity contribution is 0.0933. The van der Waals surface area contributed by atoms with Gasteiger partial charge in [0.1, 0.15) is 0 Å². The van der Waals surface area contributed by atoms with E-state index in [0.717, 1.165) is 30.7 Å². The molecule has 3 heterocycles. The molecular formula is C22H27N5O3S2. The predicted molar refractivity (Wildman–Crippen MR) is 125 cm³/mol. The number of piperidine rings is 1. The largest absolute Gasteiger partial charge is 0.342 e. The number of thioether (sulfide) groups is 1. The van der Waals surface area contributed by atoms with Crippen LogP contribution in [-0.4, -0.2) is 58.3 Å². The Bertz CT molecular complexity index is 1170. The maximum atomic E-state index is 13.0. The van der Waals surface area contributed by atoms with Crippen molar-refractivity contribution >= 4 is 33.3 Å². The van der Waals surface area contributed by atoms with Crippen molar-refractivity contribution in [3.8, 4) is 0 Å². The molecule has 1 fully saturated rings. The summed E-state index contributed by atoms with van der Waals surface area (Å²) in [5.74, 6) is 1.25. The van der Waals surface area contributed by atoms with Gasteiger partial charge in [0.05, 0.1) is 10.9 Å². The van der Waals surface area contributed by atoms with Crippen LogP contribution in [0.3, 0.4) is 0 Å². The minimum Gasteiger partial charge on any atom is -0.342 e. The van der Waals surface area contributed by atoms with Crippen LogP contribution in [0.5, 0.6) is 0 Å². The molecule has 2 aromatic heterocycles. The molecule has 1 aliphatic rings. The highest BCUT2D eigenvalue weighted by Gasteiger charge is 2.26. The summed E-state index contributed by atoms with van der Waals surface area (Å²) >= 11 is 1.69. The minimum absolute atomic E-state index is 0.221. The summed E-state index contributed by atoms with van der Waals surface area (Å²) in [4.78, 5) is 13.2. The van der Waals surface area contributed by atoms with Crippen molar-refractivity contribution in [3.63, 3.8) is 0 Å². The summed E-state index contributed by atoms with van der Waals surface area (Å²) in [6, 6.07) is 11.5. The maximum Gasteiger partial charge on any atom is 0.251 e. The second-order valence-electron chi connectivity index (χ2n) is 7.78. The number of pyridine rings is 1. The smallest absolute Gasteiger partial charge is 0.251 e. The van der Waals surface area contributed by atoms with Crippen molar-refractivity contribution in [2.45, 2.75) is 36.6 Å². The Labute approximate surface area is 192 Å². The van der Waals surface area contributed by atoms with Crippen LogP contribution in [0.25, 0.3) is 5.65 Å². The molecule has 1 N–H and O–H groups in total. The molecule has 8 nitrogen and oxygen atoms in total. The van der Waals surface area contributed by atoms with Crippen molar-refractivity contribution in [1.82, 2.24) is 24.2 Å². The molecular weight excluding hydrogens is 446 g/mol. The third-order valence-electron chi connectivity index (χ3n) is 5.64. The first-order valence-electron chi connectivity index (χ1n) is 10.7. The van der Waals surface area contributed by atoms with Crippen molar-refractivity contribution in [1.29, 1.82) is 0 Å². The number of benzene rings is 1. The summed E-state index contributed by atoms with van der Waals surface area (Å²) in [7, 11) is -3.52. The van der Waals surface area contributed by atoms with Gasteiger partial charge < -0.3 is 5.32 Å². The summed E-state index contributed by atoms with van der Waals surface area (Å²) in [5.41, 5.74) is 1.13. The lowest BCUT2D eigenvalue weighted by Gasteiger charge is -2.25. The van der Waals surface area contributed by atoms with Crippen molar-refractivity contribution in [3.05, 3.63) is 60.0 Å². The Kier molecular flexibility index (Phi) is 7.12. The van der Waals surface area contributed by atoms with E-state index in [-0.39, 0.29) is 16.8 Å². The van der Waals surface area contributed by atoms with Gasteiger partial charge in [-0.2, -0.15) is 16.1 Å². The van der Waals surface area contributed by atoms with Gasteiger partial charge in [-0.05, 0) is 67.7 Å². The van der Waals surface area contributed by atoms with Crippen molar-refractivity contribution in [2.24, 2.45) is 0 Å². The number of amides is 1. The summed E-state index contributed by atoms with van der Waals surface area (Å²) in [5, 5.41) is 11.5. The van der Waals surface area contributed by atoms with Gasteiger partial charge in [0.15, 0.2) is 11.5 Å². The fourth-order valence-corrected chi connectivity index (χ4v) is 5.86. The monoisotopic (exact) mass is 473 g/mol. The zero-order valence-corrected chi connectivity index (χ0v) is 19.6. The van der Waals surface area contributed by atoms with Gasteiger partial charge in [-0.3, -0.25) is 9.20 Å². The molecule has 1 atom stereocenters. The minimum atomic E-state index is -3.52. The Hall–Kier alpha value is -2.43. The average molecular weight is 474 g/mol. The number of aromatic nitrogens is 3. The first kappa shape index (κ1) is 22.8. The molecule has 1 aromatic carbocycles. The first-order chi connectivity index (χ1) is 15.5. The van der Waals surface area contributed by atoms with E-state index >= 15 is 0 Å². The van der Waals surface area contributed by atoms with E-state index in [1.54, 1.807) is 23.9 Å². The van der Waals surface area contributed by atoms with Gasteiger partial charge >= 0.3 is 0 Å².